The van der Waals surface area contributed by atoms with Gasteiger partial charge in [-0.3, -0.25) is 10.1 Å². The number of halogens is 4. The summed E-state index contributed by atoms with van der Waals surface area (Å²) in [6, 6.07) is 2.70. The zero-order valence-corrected chi connectivity index (χ0v) is 15.6. The van der Waals surface area contributed by atoms with E-state index in [0.717, 1.165) is 37.4 Å². The molecule has 1 saturated heterocycles. The number of aromatic nitrogens is 2. The number of piperidine rings is 1. The normalized spacial score (nSPS) is 15.5. The highest BCUT2D eigenvalue weighted by molar-refractivity contribution is 6.33. The summed E-state index contributed by atoms with van der Waals surface area (Å²) in [6.07, 6.45) is -1.70. The fraction of sp³-hybridized carbons (Fsp3) is 0.412. The van der Waals surface area contributed by atoms with Crippen molar-refractivity contribution < 1.29 is 18.1 Å². The van der Waals surface area contributed by atoms with Crippen molar-refractivity contribution in [3.8, 4) is 0 Å². The van der Waals surface area contributed by atoms with Crippen LogP contribution in [0.4, 0.5) is 36.2 Å². The Balaban J connectivity index is 1.99. The Hall–Kier alpha value is -2.62. The number of nitrogens with one attached hydrogen (secondary N) is 1. The summed E-state index contributed by atoms with van der Waals surface area (Å²) in [4.78, 5) is 20.8. The van der Waals surface area contributed by atoms with Crippen LogP contribution in [0.5, 0.6) is 0 Å². The van der Waals surface area contributed by atoms with Crippen molar-refractivity contribution in [3.05, 3.63) is 45.2 Å². The first-order valence-electron chi connectivity index (χ1n) is 8.55. The van der Waals surface area contributed by atoms with Gasteiger partial charge in [0.2, 0.25) is 11.6 Å². The molecule has 7 nitrogen and oxygen atoms in total. The Kier molecular flexibility index (Phi) is 5.59. The van der Waals surface area contributed by atoms with Crippen LogP contribution in [0.1, 0.15) is 25.3 Å². The number of rotatable bonds is 4. The van der Waals surface area contributed by atoms with Gasteiger partial charge in [0.25, 0.3) is 0 Å². The van der Waals surface area contributed by atoms with Gasteiger partial charge in [-0.1, -0.05) is 18.5 Å². The molecule has 0 unspecified atom stereocenters. The van der Waals surface area contributed by atoms with Gasteiger partial charge in [0, 0.05) is 13.1 Å². The van der Waals surface area contributed by atoms with Gasteiger partial charge in [-0.05, 0) is 37.0 Å². The van der Waals surface area contributed by atoms with Crippen LogP contribution in [0, 0.1) is 16.0 Å². The average Bonchev–Trinajstić information content (AvgIpc) is 2.63. The third-order valence-corrected chi connectivity index (χ3v) is 4.95. The lowest BCUT2D eigenvalue weighted by Gasteiger charge is -2.30. The summed E-state index contributed by atoms with van der Waals surface area (Å²) in [5.41, 5.74) is -1.46. The molecule has 1 fully saturated rings. The van der Waals surface area contributed by atoms with E-state index in [1.54, 1.807) is 4.90 Å². The molecule has 1 aromatic carbocycles. The quantitative estimate of drug-likeness (QED) is 0.556. The fourth-order valence-corrected chi connectivity index (χ4v) is 3.17. The minimum absolute atomic E-state index is 0.0192. The van der Waals surface area contributed by atoms with Gasteiger partial charge in [0.1, 0.15) is 6.33 Å². The predicted octanol–water partition coefficient (Wildman–Crippen LogP) is 5.04. The number of anilines is 3. The SMILES string of the molecule is CC1CCN(c2ncnc(Nc3cc(C(F)(F)F)ccc3Cl)c2[N+](=O)[O-])CC1. The van der Waals surface area contributed by atoms with Crippen LogP contribution in [0.25, 0.3) is 0 Å². The summed E-state index contributed by atoms with van der Waals surface area (Å²) in [5.74, 6) is 0.436. The second kappa shape index (κ2) is 7.78. The molecule has 1 aliphatic rings. The van der Waals surface area contributed by atoms with Crippen LogP contribution >= 0.6 is 11.6 Å². The van der Waals surface area contributed by atoms with Crippen molar-refractivity contribution in [3.63, 3.8) is 0 Å². The van der Waals surface area contributed by atoms with E-state index < -0.39 is 22.4 Å². The molecule has 28 heavy (non-hydrogen) atoms. The standard InChI is InChI=1S/C17H17ClF3N5O2/c1-10-4-6-25(7-5-10)16-14(26(27)28)15(22-9-23-16)24-13-8-11(17(19,20)21)2-3-12(13)18/h2-3,8-10H,4-7H2,1H3,(H,22,23,24). The lowest BCUT2D eigenvalue weighted by Crippen LogP contribution is -2.34. The zero-order valence-electron chi connectivity index (χ0n) is 14.8. The van der Waals surface area contributed by atoms with Crippen LogP contribution < -0.4 is 10.2 Å². The monoisotopic (exact) mass is 415 g/mol. The first kappa shape index (κ1) is 20.1. The molecule has 0 bridgehead atoms. The zero-order chi connectivity index (χ0) is 20.5. The minimum atomic E-state index is -4.58. The maximum atomic E-state index is 13.0. The van der Waals surface area contributed by atoms with E-state index in [2.05, 4.69) is 22.2 Å². The number of alkyl halides is 3. The minimum Gasteiger partial charge on any atom is -0.351 e. The lowest BCUT2D eigenvalue weighted by atomic mass is 9.99. The number of hydrogen-bond acceptors (Lipinski definition) is 6. The van der Waals surface area contributed by atoms with Crippen molar-refractivity contribution in [2.24, 2.45) is 5.92 Å². The number of nitro groups is 1. The highest BCUT2D eigenvalue weighted by atomic mass is 35.5. The molecule has 0 aliphatic carbocycles. The summed E-state index contributed by atoms with van der Waals surface area (Å²) in [7, 11) is 0. The maximum absolute atomic E-state index is 13.0. The van der Waals surface area contributed by atoms with Gasteiger partial charge in [-0.15, -0.1) is 0 Å². The summed E-state index contributed by atoms with van der Waals surface area (Å²) >= 11 is 5.98. The topological polar surface area (TPSA) is 84.2 Å². The number of hydrogen-bond donors (Lipinski definition) is 1. The van der Waals surface area contributed by atoms with E-state index in [4.69, 9.17) is 11.6 Å². The van der Waals surface area contributed by atoms with Crippen LogP contribution in [-0.4, -0.2) is 28.0 Å². The molecule has 1 aliphatic heterocycles. The van der Waals surface area contributed by atoms with Crippen molar-refractivity contribution in [1.82, 2.24) is 9.97 Å². The Morgan fingerprint density at radius 1 is 1.29 bits per heavy atom. The van der Waals surface area contributed by atoms with E-state index in [0.29, 0.717) is 19.0 Å². The predicted molar refractivity (Wildman–Crippen MR) is 99.0 cm³/mol. The van der Waals surface area contributed by atoms with E-state index in [9.17, 15) is 23.3 Å². The number of nitrogens with zero attached hydrogens (tertiary/aromatic N) is 4. The Bertz CT molecular complexity index is 886. The molecule has 11 heteroatoms. The van der Waals surface area contributed by atoms with Crippen LogP contribution in [0.3, 0.4) is 0 Å². The summed E-state index contributed by atoms with van der Waals surface area (Å²) in [5, 5.41) is 14.2. The van der Waals surface area contributed by atoms with E-state index >= 15 is 0 Å². The Labute approximate surface area is 163 Å². The molecule has 0 saturated carbocycles. The molecular formula is C17H17ClF3N5O2. The molecule has 1 aromatic heterocycles. The molecule has 2 aromatic rings. The molecular weight excluding hydrogens is 399 g/mol. The van der Waals surface area contributed by atoms with Gasteiger partial charge in [-0.2, -0.15) is 13.2 Å². The largest absolute Gasteiger partial charge is 0.416 e. The van der Waals surface area contributed by atoms with E-state index in [1.165, 1.54) is 0 Å². The highest BCUT2D eigenvalue weighted by Gasteiger charge is 2.32. The first-order valence-corrected chi connectivity index (χ1v) is 8.92. The summed E-state index contributed by atoms with van der Waals surface area (Å²) < 4.78 is 38.9. The third kappa shape index (κ3) is 4.27. The van der Waals surface area contributed by atoms with Gasteiger partial charge in [-0.25, -0.2) is 9.97 Å². The molecule has 0 spiro atoms. The van der Waals surface area contributed by atoms with Crippen LogP contribution in [0.15, 0.2) is 24.5 Å². The second-order valence-corrected chi connectivity index (χ2v) is 7.05. The van der Waals surface area contributed by atoms with Crippen LogP contribution in [-0.2, 0) is 6.18 Å². The first-order chi connectivity index (χ1) is 13.2. The number of benzene rings is 1. The van der Waals surface area contributed by atoms with Crippen LogP contribution in [0.2, 0.25) is 5.02 Å². The fourth-order valence-electron chi connectivity index (χ4n) is 3.01. The van der Waals surface area contributed by atoms with Gasteiger partial charge < -0.3 is 10.2 Å². The molecule has 1 N–H and O–H groups in total. The van der Waals surface area contributed by atoms with Crippen molar-refractivity contribution in [1.29, 1.82) is 0 Å². The smallest absolute Gasteiger partial charge is 0.351 e. The van der Waals surface area contributed by atoms with Gasteiger partial charge in [0.05, 0.1) is 21.2 Å². The third-order valence-electron chi connectivity index (χ3n) is 4.62. The molecule has 2 heterocycles. The Morgan fingerprint density at radius 3 is 2.57 bits per heavy atom. The molecule has 150 valence electrons. The van der Waals surface area contributed by atoms with Crippen molar-refractivity contribution in [2.45, 2.75) is 25.9 Å². The summed E-state index contributed by atoms with van der Waals surface area (Å²) in [6.45, 7) is 3.31. The molecule has 0 amide bonds. The molecule has 3 rings (SSSR count). The second-order valence-electron chi connectivity index (χ2n) is 6.64. The van der Waals surface area contributed by atoms with E-state index in [-0.39, 0.29) is 22.3 Å². The average molecular weight is 416 g/mol. The van der Waals surface area contributed by atoms with Crippen molar-refractivity contribution in [2.75, 3.05) is 23.3 Å². The highest BCUT2D eigenvalue weighted by Crippen LogP contribution is 2.38. The molecule has 0 radical (unpaired) electrons. The van der Waals surface area contributed by atoms with Gasteiger partial charge >= 0.3 is 11.9 Å². The Morgan fingerprint density at radius 2 is 1.96 bits per heavy atom. The maximum Gasteiger partial charge on any atom is 0.416 e. The molecule has 0 atom stereocenters. The van der Waals surface area contributed by atoms with Gasteiger partial charge in [0.15, 0.2) is 0 Å². The van der Waals surface area contributed by atoms with E-state index in [1.807, 2.05) is 0 Å². The van der Waals surface area contributed by atoms with Crippen molar-refractivity contribution >= 4 is 34.6 Å². The lowest BCUT2D eigenvalue weighted by molar-refractivity contribution is -0.383.